The van der Waals surface area contributed by atoms with Gasteiger partial charge in [-0.2, -0.15) is 0 Å². The number of aromatic nitrogens is 1. The van der Waals surface area contributed by atoms with E-state index in [1.807, 2.05) is 5.51 Å². The van der Waals surface area contributed by atoms with Gasteiger partial charge in [0.25, 0.3) is 0 Å². The van der Waals surface area contributed by atoms with E-state index in [1.54, 1.807) is 11.3 Å². The summed E-state index contributed by atoms with van der Waals surface area (Å²) in [7, 11) is 2.30. The fourth-order valence-electron chi connectivity index (χ4n) is 3.78. The number of rotatable bonds is 5. The Balaban J connectivity index is 1.55. The molecule has 1 spiro atoms. The molecule has 0 saturated carbocycles. The summed E-state index contributed by atoms with van der Waals surface area (Å²) in [4.78, 5) is 10.9. The lowest BCUT2D eigenvalue weighted by Crippen LogP contribution is -2.71. The van der Waals surface area contributed by atoms with Crippen LogP contribution in [0.3, 0.4) is 0 Å². The van der Waals surface area contributed by atoms with Crippen LogP contribution >= 0.6 is 11.3 Å². The average Bonchev–Trinajstić information content (AvgIpc) is 2.83. The van der Waals surface area contributed by atoms with Gasteiger partial charge >= 0.3 is 0 Å². The molecule has 0 aromatic carbocycles. The van der Waals surface area contributed by atoms with Crippen molar-refractivity contribution in [2.75, 3.05) is 39.9 Å². The molecule has 21 heavy (non-hydrogen) atoms. The first-order chi connectivity index (χ1) is 10.1. The van der Waals surface area contributed by atoms with E-state index < -0.39 is 0 Å². The van der Waals surface area contributed by atoms with Gasteiger partial charge in [-0.1, -0.05) is 0 Å². The van der Waals surface area contributed by atoms with Gasteiger partial charge in [0.2, 0.25) is 0 Å². The summed E-state index contributed by atoms with van der Waals surface area (Å²) in [5, 5.41) is 0. The molecule has 1 aromatic rings. The highest BCUT2D eigenvalue weighted by Crippen LogP contribution is 2.39. The molecule has 1 aromatic heterocycles. The van der Waals surface area contributed by atoms with Crippen molar-refractivity contribution in [1.29, 1.82) is 0 Å². The zero-order valence-electron chi connectivity index (χ0n) is 13.5. The molecule has 0 amide bonds. The molecule has 2 fully saturated rings. The van der Waals surface area contributed by atoms with E-state index in [4.69, 9.17) is 4.74 Å². The normalized spacial score (nSPS) is 26.1. The van der Waals surface area contributed by atoms with Crippen LogP contribution in [0, 0.1) is 12.8 Å². The van der Waals surface area contributed by atoms with Crippen LogP contribution in [0.5, 0.6) is 0 Å². The molecule has 5 heteroatoms. The summed E-state index contributed by atoms with van der Waals surface area (Å²) in [5.41, 5.74) is 3.57. The molecule has 3 heterocycles. The third kappa shape index (κ3) is 3.16. The van der Waals surface area contributed by atoms with Gasteiger partial charge in [-0.3, -0.25) is 9.80 Å². The minimum absolute atomic E-state index is 0.401. The summed E-state index contributed by atoms with van der Waals surface area (Å²) in [6.07, 6.45) is 2.58. The second kappa shape index (κ2) is 6.32. The first-order valence-corrected chi connectivity index (χ1v) is 8.91. The lowest BCUT2D eigenvalue weighted by Gasteiger charge is -2.58. The topological polar surface area (TPSA) is 28.6 Å². The third-order valence-electron chi connectivity index (χ3n) is 5.16. The summed E-state index contributed by atoms with van der Waals surface area (Å²) >= 11 is 1.79. The van der Waals surface area contributed by atoms with Crippen LogP contribution < -0.4 is 0 Å². The average molecular weight is 309 g/mol. The van der Waals surface area contributed by atoms with Crippen molar-refractivity contribution < 1.29 is 4.74 Å². The number of hydrogen-bond acceptors (Lipinski definition) is 5. The zero-order valence-corrected chi connectivity index (χ0v) is 14.3. The first-order valence-electron chi connectivity index (χ1n) is 8.03. The van der Waals surface area contributed by atoms with E-state index in [2.05, 4.69) is 35.7 Å². The Bertz CT molecular complexity index is 468. The van der Waals surface area contributed by atoms with Gasteiger partial charge in [0.15, 0.2) is 0 Å². The molecule has 2 aliphatic heterocycles. The molecule has 0 aliphatic carbocycles. The van der Waals surface area contributed by atoms with Crippen LogP contribution in [0.1, 0.15) is 30.3 Å². The van der Waals surface area contributed by atoms with Crippen LogP contribution in [0.4, 0.5) is 0 Å². The fourth-order valence-corrected chi connectivity index (χ4v) is 4.60. The van der Waals surface area contributed by atoms with E-state index in [-0.39, 0.29) is 0 Å². The highest BCUT2D eigenvalue weighted by Gasteiger charge is 2.49. The lowest BCUT2D eigenvalue weighted by molar-refractivity contribution is -0.0919. The summed E-state index contributed by atoms with van der Waals surface area (Å²) in [5.74, 6) is 0.744. The van der Waals surface area contributed by atoms with Crippen molar-refractivity contribution in [2.24, 2.45) is 5.92 Å². The number of likely N-dealkylation sites (N-methyl/N-ethyl adjacent to an activating group) is 1. The van der Waals surface area contributed by atoms with Crippen molar-refractivity contribution in [2.45, 2.75) is 38.8 Å². The van der Waals surface area contributed by atoms with Gasteiger partial charge in [-0.15, -0.1) is 11.3 Å². The predicted molar refractivity (Wildman–Crippen MR) is 86.7 cm³/mol. The second-order valence-corrected chi connectivity index (χ2v) is 7.61. The largest absolute Gasteiger partial charge is 0.381 e. The van der Waals surface area contributed by atoms with Crippen LogP contribution in [0.25, 0.3) is 0 Å². The Labute approximate surface area is 132 Å². The molecule has 0 unspecified atom stereocenters. The number of nitrogens with zero attached hydrogens (tertiary/aromatic N) is 3. The van der Waals surface area contributed by atoms with Crippen LogP contribution in [-0.4, -0.2) is 60.2 Å². The molecule has 0 bridgehead atoms. The zero-order chi connectivity index (χ0) is 14.9. The molecule has 1 atom stereocenters. The second-order valence-electron chi connectivity index (χ2n) is 6.67. The quantitative estimate of drug-likeness (QED) is 0.835. The number of piperidine rings is 1. The van der Waals surface area contributed by atoms with E-state index in [9.17, 15) is 0 Å². The van der Waals surface area contributed by atoms with Crippen LogP contribution in [-0.2, 0) is 11.3 Å². The molecule has 4 nitrogen and oxygen atoms in total. The van der Waals surface area contributed by atoms with Crippen molar-refractivity contribution in [1.82, 2.24) is 14.8 Å². The molecular weight excluding hydrogens is 282 g/mol. The van der Waals surface area contributed by atoms with E-state index in [0.29, 0.717) is 5.54 Å². The fraction of sp³-hybridized carbons (Fsp3) is 0.812. The van der Waals surface area contributed by atoms with Crippen molar-refractivity contribution >= 4 is 11.3 Å². The summed E-state index contributed by atoms with van der Waals surface area (Å²) < 4.78 is 5.66. The number of aryl methyl sites for hydroxylation is 1. The van der Waals surface area contributed by atoms with E-state index in [1.165, 1.54) is 43.0 Å². The Morgan fingerprint density at radius 2 is 2.29 bits per heavy atom. The van der Waals surface area contributed by atoms with Gasteiger partial charge in [-0.25, -0.2) is 4.98 Å². The Kier molecular flexibility index (Phi) is 4.64. The van der Waals surface area contributed by atoms with Crippen LogP contribution in [0.15, 0.2) is 5.51 Å². The smallest absolute Gasteiger partial charge is 0.0798 e. The molecule has 2 aliphatic rings. The number of thiazole rings is 1. The Morgan fingerprint density at radius 1 is 1.48 bits per heavy atom. The maximum Gasteiger partial charge on any atom is 0.0798 e. The maximum absolute atomic E-state index is 5.66. The van der Waals surface area contributed by atoms with Gasteiger partial charge in [0.05, 0.1) is 11.2 Å². The SMILES string of the molecule is CCOC[C@@H]1CCN(C)C2(C1)CN(Cc1scnc1C)C2. The third-order valence-corrected chi connectivity index (χ3v) is 6.08. The monoisotopic (exact) mass is 309 g/mol. The summed E-state index contributed by atoms with van der Waals surface area (Å²) in [6.45, 7) is 10.7. The van der Waals surface area contributed by atoms with Gasteiger partial charge in [0.1, 0.15) is 0 Å². The maximum atomic E-state index is 5.66. The van der Waals surface area contributed by atoms with Crippen molar-refractivity contribution in [3.8, 4) is 0 Å². The molecule has 3 rings (SSSR count). The van der Waals surface area contributed by atoms with E-state index in [0.717, 1.165) is 25.7 Å². The molecule has 0 radical (unpaired) electrons. The Hall–Kier alpha value is -0.490. The highest BCUT2D eigenvalue weighted by atomic mass is 32.1. The van der Waals surface area contributed by atoms with E-state index >= 15 is 0 Å². The van der Waals surface area contributed by atoms with Crippen LogP contribution in [0.2, 0.25) is 0 Å². The number of ether oxygens (including phenoxy) is 1. The molecule has 118 valence electrons. The minimum Gasteiger partial charge on any atom is -0.381 e. The molecule has 0 N–H and O–H groups in total. The molecule has 2 saturated heterocycles. The summed E-state index contributed by atoms with van der Waals surface area (Å²) in [6, 6.07) is 0. The van der Waals surface area contributed by atoms with Crippen molar-refractivity contribution in [3.05, 3.63) is 16.1 Å². The van der Waals surface area contributed by atoms with Crippen molar-refractivity contribution in [3.63, 3.8) is 0 Å². The lowest BCUT2D eigenvalue weighted by atomic mass is 9.75. The number of hydrogen-bond donors (Lipinski definition) is 0. The van der Waals surface area contributed by atoms with Gasteiger partial charge in [0, 0.05) is 43.3 Å². The first kappa shape index (κ1) is 15.4. The number of likely N-dealkylation sites (tertiary alicyclic amines) is 2. The predicted octanol–water partition coefficient (Wildman–Crippen LogP) is 2.38. The standard InChI is InChI=1S/C16H27N3OS/c1-4-20-9-14-5-6-18(3)16(7-14)10-19(11-16)8-15-13(2)17-12-21-15/h12,14H,4-11H2,1-3H3/t14-/m1/s1. The molecular formula is C16H27N3OS. The highest BCUT2D eigenvalue weighted by molar-refractivity contribution is 7.09. The Morgan fingerprint density at radius 3 is 2.95 bits per heavy atom. The van der Waals surface area contributed by atoms with Gasteiger partial charge in [-0.05, 0) is 46.2 Å². The minimum atomic E-state index is 0.401. The van der Waals surface area contributed by atoms with Gasteiger partial charge < -0.3 is 4.74 Å².